The Kier molecular flexibility index (Phi) is 8.46. The second-order valence-electron chi connectivity index (χ2n) is 8.38. The predicted octanol–water partition coefficient (Wildman–Crippen LogP) is 4.41. The zero-order valence-corrected chi connectivity index (χ0v) is 19.3. The number of ether oxygens (including phenoxy) is 1. The van der Waals surface area contributed by atoms with Gasteiger partial charge in [-0.2, -0.15) is 0 Å². The van der Waals surface area contributed by atoms with E-state index in [2.05, 4.69) is 29.6 Å². The molecule has 0 heterocycles. The number of nitrogens with zero attached hydrogens (tertiary/aromatic N) is 1. The number of carboxylic acids is 1. The SMILES string of the molecule is CCC(C)N(CC(=O)O)C(=O)CCCCNC(=O)OCC1c2ccccc2-c2ccccc21. The molecule has 7 heteroatoms. The molecule has 0 spiro atoms. The molecule has 176 valence electrons. The summed E-state index contributed by atoms with van der Waals surface area (Å²) in [6.07, 6.45) is 1.65. The van der Waals surface area contributed by atoms with Crippen molar-refractivity contribution in [1.29, 1.82) is 0 Å². The summed E-state index contributed by atoms with van der Waals surface area (Å²) in [4.78, 5) is 37.0. The normalized spacial score (nSPS) is 13.0. The number of aliphatic carboxylic acids is 1. The number of carbonyl (C=O) groups is 3. The predicted molar refractivity (Wildman–Crippen MR) is 126 cm³/mol. The third-order valence-electron chi connectivity index (χ3n) is 6.18. The summed E-state index contributed by atoms with van der Waals surface area (Å²) in [5.74, 6) is -1.17. The second-order valence-corrected chi connectivity index (χ2v) is 8.38. The van der Waals surface area contributed by atoms with Crippen LogP contribution in [0.25, 0.3) is 11.1 Å². The summed E-state index contributed by atoms with van der Waals surface area (Å²) in [7, 11) is 0. The Morgan fingerprint density at radius 3 is 2.21 bits per heavy atom. The lowest BCUT2D eigenvalue weighted by Gasteiger charge is -2.27. The molecule has 0 saturated carbocycles. The molecule has 7 nitrogen and oxygen atoms in total. The first-order valence-corrected chi connectivity index (χ1v) is 11.5. The highest BCUT2D eigenvalue weighted by Crippen LogP contribution is 2.44. The van der Waals surface area contributed by atoms with Gasteiger partial charge in [0.25, 0.3) is 0 Å². The fourth-order valence-corrected chi connectivity index (χ4v) is 4.24. The highest BCUT2D eigenvalue weighted by Gasteiger charge is 2.29. The zero-order valence-electron chi connectivity index (χ0n) is 19.3. The van der Waals surface area contributed by atoms with E-state index in [1.165, 1.54) is 16.0 Å². The maximum absolute atomic E-state index is 12.4. The molecule has 2 aromatic carbocycles. The molecule has 1 aliphatic carbocycles. The molecular weight excluding hydrogens is 420 g/mol. The van der Waals surface area contributed by atoms with E-state index < -0.39 is 12.1 Å². The van der Waals surface area contributed by atoms with Crippen LogP contribution in [0.1, 0.15) is 56.6 Å². The van der Waals surface area contributed by atoms with E-state index in [-0.39, 0.29) is 37.4 Å². The number of fused-ring (bicyclic) bond motifs is 3. The Balaban J connectivity index is 1.41. The third kappa shape index (κ3) is 6.12. The number of amides is 2. The van der Waals surface area contributed by atoms with Crippen molar-refractivity contribution in [2.45, 2.75) is 51.5 Å². The standard InChI is InChI=1S/C26H32N2O5/c1-3-18(2)28(16-25(30)31)24(29)14-8-9-15-27-26(32)33-17-23-21-12-6-4-10-19(21)20-11-5-7-13-22(20)23/h4-7,10-13,18,23H,3,8-9,14-17H2,1-2H3,(H,27,32)(H,30,31). The van der Waals surface area contributed by atoms with Crippen LogP contribution in [0.3, 0.4) is 0 Å². The van der Waals surface area contributed by atoms with Gasteiger partial charge in [-0.1, -0.05) is 55.5 Å². The van der Waals surface area contributed by atoms with Crippen LogP contribution >= 0.6 is 0 Å². The Morgan fingerprint density at radius 2 is 1.64 bits per heavy atom. The van der Waals surface area contributed by atoms with Gasteiger partial charge in [0.2, 0.25) is 5.91 Å². The van der Waals surface area contributed by atoms with Gasteiger partial charge in [-0.05, 0) is 48.4 Å². The molecule has 1 atom stereocenters. The van der Waals surface area contributed by atoms with Crippen molar-refractivity contribution in [3.8, 4) is 11.1 Å². The molecule has 2 aromatic rings. The molecule has 0 saturated heterocycles. The van der Waals surface area contributed by atoms with E-state index in [0.717, 1.165) is 11.1 Å². The van der Waals surface area contributed by atoms with Gasteiger partial charge >= 0.3 is 12.1 Å². The van der Waals surface area contributed by atoms with Crippen molar-refractivity contribution in [2.75, 3.05) is 19.7 Å². The lowest BCUT2D eigenvalue weighted by atomic mass is 9.98. The molecule has 2 amide bonds. The molecule has 0 aliphatic heterocycles. The molecular formula is C26H32N2O5. The Bertz CT molecular complexity index is 945. The van der Waals surface area contributed by atoms with Crippen LogP contribution < -0.4 is 5.32 Å². The second kappa shape index (κ2) is 11.5. The number of carboxylic acid groups (broad SMARTS) is 1. The van der Waals surface area contributed by atoms with E-state index in [1.807, 2.05) is 38.1 Å². The fourth-order valence-electron chi connectivity index (χ4n) is 4.24. The van der Waals surface area contributed by atoms with Crippen molar-refractivity contribution in [3.05, 3.63) is 59.7 Å². The van der Waals surface area contributed by atoms with Crippen LogP contribution in [-0.4, -0.2) is 53.7 Å². The van der Waals surface area contributed by atoms with E-state index in [4.69, 9.17) is 9.84 Å². The fraction of sp³-hybridized carbons (Fsp3) is 0.423. The number of hydrogen-bond acceptors (Lipinski definition) is 4. The number of nitrogens with one attached hydrogen (secondary N) is 1. The molecule has 0 bridgehead atoms. The van der Waals surface area contributed by atoms with Crippen molar-refractivity contribution < 1.29 is 24.2 Å². The minimum Gasteiger partial charge on any atom is -0.480 e. The summed E-state index contributed by atoms with van der Waals surface area (Å²) in [6, 6.07) is 16.2. The number of unbranched alkanes of at least 4 members (excludes halogenated alkanes) is 1. The monoisotopic (exact) mass is 452 g/mol. The molecule has 1 unspecified atom stereocenters. The number of carbonyl (C=O) groups excluding carboxylic acids is 2. The van der Waals surface area contributed by atoms with Gasteiger partial charge in [-0.3, -0.25) is 9.59 Å². The van der Waals surface area contributed by atoms with Gasteiger partial charge < -0.3 is 20.1 Å². The smallest absolute Gasteiger partial charge is 0.407 e. The quantitative estimate of drug-likeness (QED) is 0.493. The summed E-state index contributed by atoms with van der Waals surface area (Å²) >= 11 is 0. The molecule has 0 aromatic heterocycles. The maximum Gasteiger partial charge on any atom is 0.407 e. The Morgan fingerprint density at radius 1 is 1.03 bits per heavy atom. The molecule has 33 heavy (non-hydrogen) atoms. The summed E-state index contributed by atoms with van der Waals surface area (Å²) in [5, 5.41) is 11.8. The lowest BCUT2D eigenvalue weighted by molar-refractivity contribution is -0.146. The number of rotatable bonds is 11. The highest BCUT2D eigenvalue weighted by molar-refractivity contribution is 5.81. The van der Waals surface area contributed by atoms with Gasteiger partial charge in [-0.25, -0.2) is 4.79 Å². The molecule has 0 radical (unpaired) electrons. The van der Waals surface area contributed by atoms with Gasteiger partial charge in [0.1, 0.15) is 13.2 Å². The van der Waals surface area contributed by atoms with Gasteiger partial charge in [0.05, 0.1) is 0 Å². The van der Waals surface area contributed by atoms with Crippen molar-refractivity contribution in [2.24, 2.45) is 0 Å². The van der Waals surface area contributed by atoms with Crippen molar-refractivity contribution in [1.82, 2.24) is 10.2 Å². The lowest BCUT2D eigenvalue weighted by Crippen LogP contribution is -2.41. The van der Waals surface area contributed by atoms with Crippen molar-refractivity contribution >= 4 is 18.0 Å². The summed E-state index contributed by atoms with van der Waals surface area (Å²) in [5.41, 5.74) is 4.69. The maximum atomic E-state index is 12.4. The zero-order chi connectivity index (χ0) is 23.8. The molecule has 1 aliphatic rings. The van der Waals surface area contributed by atoms with Crippen LogP contribution in [-0.2, 0) is 14.3 Å². The van der Waals surface area contributed by atoms with Gasteiger partial charge in [-0.15, -0.1) is 0 Å². The molecule has 0 fully saturated rings. The first-order chi connectivity index (χ1) is 15.9. The molecule has 2 N–H and O–H groups in total. The van der Waals surface area contributed by atoms with Crippen LogP contribution in [0.15, 0.2) is 48.5 Å². The van der Waals surface area contributed by atoms with E-state index in [0.29, 0.717) is 25.8 Å². The third-order valence-corrected chi connectivity index (χ3v) is 6.18. The average molecular weight is 453 g/mol. The van der Waals surface area contributed by atoms with Crippen LogP contribution in [0.2, 0.25) is 0 Å². The average Bonchev–Trinajstić information content (AvgIpc) is 3.14. The van der Waals surface area contributed by atoms with Gasteiger partial charge in [0.15, 0.2) is 0 Å². The van der Waals surface area contributed by atoms with Gasteiger partial charge in [0, 0.05) is 24.9 Å². The first-order valence-electron chi connectivity index (χ1n) is 11.5. The Labute approximate surface area is 194 Å². The van der Waals surface area contributed by atoms with E-state index in [9.17, 15) is 14.4 Å². The first kappa shape index (κ1) is 24.3. The highest BCUT2D eigenvalue weighted by atomic mass is 16.5. The molecule has 3 rings (SSSR count). The Hall–Kier alpha value is -3.35. The summed E-state index contributed by atoms with van der Waals surface area (Å²) in [6.45, 7) is 4.14. The topological polar surface area (TPSA) is 95.9 Å². The number of benzene rings is 2. The van der Waals surface area contributed by atoms with Crippen LogP contribution in [0.5, 0.6) is 0 Å². The minimum absolute atomic E-state index is 0.0153. The number of alkyl carbamates (subject to hydrolysis) is 1. The summed E-state index contributed by atoms with van der Waals surface area (Å²) < 4.78 is 5.50. The largest absolute Gasteiger partial charge is 0.480 e. The van der Waals surface area contributed by atoms with E-state index in [1.54, 1.807) is 0 Å². The van der Waals surface area contributed by atoms with Crippen LogP contribution in [0.4, 0.5) is 4.79 Å². The van der Waals surface area contributed by atoms with E-state index >= 15 is 0 Å². The van der Waals surface area contributed by atoms with Crippen molar-refractivity contribution in [3.63, 3.8) is 0 Å². The van der Waals surface area contributed by atoms with Crippen LogP contribution in [0, 0.1) is 0 Å². The minimum atomic E-state index is -1.01. The number of hydrogen-bond donors (Lipinski definition) is 2.